The second-order valence-electron chi connectivity index (χ2n) is 5.75. The minimum absolute atomic E-state index is 0.0333. The number of hydrogen-bond acceptors (Lipinski definition) is 2. The van der Waals surface area contributed by atoms with Crippen molar-refractivity contribution in [3.8, 4) is 0 Å². The summed E-state index contributed by atoms with van der Waals surface area (Å²) < 4.78 is 0. The van der Waals surface area contributed by atoms with Crippen LogP contribution in [0.15, 0.2) is 30.3 Å². The molecule has 1 amide bonds. The first-order valence-electron chi connectivity index (χ1n) is 6.50. The van der Waals surface area contributed by atoms with Gasteiger partial charge in [0.25, 0.3) is 0 Å². The molecular formula is C15H21NO2. The monoisotopic (exact) mass is 247 g/mol. The second-order valence-corrected chi connectivity index (χ2v) is 5.75. The summed E-state index contributed by atoms with van der Waals surface area (Å²) in [6, 6.07) is 9.72. The molecule has 0 spiro atoms. The van der Waals surface area contributed by atoms with Gasteiger partial charge in [-0.2, -0.15) is 0 Å². The molecule has 2 rings (SSSR count). The molecule has 3 nitrogen and oxygen atoms in total. The SMILES string of the molecule is CC(C)(C(=O)NCC1(O)CCC1)c1ccccc1. The molecule has 0 saturated heterocycles. The minimum Gasteiger partial charge on any atom is -0.388 e. The number of hydrogen-bond donors (Lipinski definition) is 2. The lowest BCUT2D eigenvalue weighted by molar-refractivity contribution is -0.128. The van der Waals surface area contributed by atoms with Crippen molar-refractivity contribution in [3.05, 3.63) is 35.9 Å². The lowest BCUT2D eigenvalue weighted by Crippen LogP contribution is -2.51. The summed E-state index contributed by atoms with van der Waals surface area (Å²) in [5.74, 6) is -0.0333. The number of amides is 1. The van der Waals surface area contributed by atoms with Crippen LogP contribution < -0.4 is 5.32 Å². The molecule has 1 saturated carbocycles. The highest BCUT2D eigenvalue weighted by atomic mass is 16.3. The van der Waals surface area contributed by atoms with Crippen LogP contribution in [0.4, 0.5) is 0 Å². The highest BCUT2D eigenvalue weighted by Gasteiger charge is 2.36. The van der Waals surface area contributed by atoms with E-state index in [0.717, 1.165) is 24.8 Å². The van der Waals surface area contributed by atoms with Crippen LogP contribution in [0.2, 0.25) is 0 Å². The maximum Gasteiger partial charge on any atom is 0.230 e. The Morgan fingerprint density at radius 1 is 1.33 bits per heavy atom. The van der Waals surface area contributed by atoms with E-state index >= 15 is 0 Å². The standard InChI is InChI=1S/C15H21NO2/c1-14(2,12-7-4-3-5-8-12)13(17)16-11-15(18)9-6-10-15/h3-5,7-8,18H,6,9-11H2,1-2H3,(H,16,17). The van der Waals surface area contributed by atoms with Crippen LogP contribution in [-0.2, 0) is 10.2 Å². The van der Waals surface area contributed by atoms with E-state index in [9.17, 15) is 9.90 Å². The molecule has 3 heteroatoms. The van der Waals surface area contributed by atoms with Crippen molar-refractivity contribution in [2.75, 3.05) is 6.54 Å². The Balaban J connectivity index is 1.99. The van der Waals surface area contributed by atoms with Crippen LogP contribution in [0.25, 0.3) is 0 Å². The molecule has 0 unspecified atom stereocenters. The van der Waals surface area contributed by atoms with Gasteiger partial charge in [0.05, 0.1) is 11.0 Å². The van der Waals surface area contributed by atoms with Crippen LogP contribution in [0, 0.1) is 0 Å². The summed E-state index contributed by atoms with van der Waals surface area (Å²) in [4.78, 5) is 12.2. The Morgan fingerprint density at radius 2 is 1.94 bits per heavy atom. The number of aliphatic hydroxyl groups is 1. The summed E-state index contributed by atoms with van der Waals surface area (Å²) in [6.45, 7) is 4.17. The highest BCUT2D eigenvalue weighted by Crippen LogP contribution is 2.31. The number of nitrogens with one attached hydrogen (secondary N) is 1. The first kappa shape index (κ1) is 13.1. The highest BCUT2D eigenvalue weighted by molar-refractivity contribution is 5.87. The fraction of sp³-hybridized carbons (Fsp3) is 0.533. The van der Waals surface area contributed by atoms with Crippen molar-refractivity contribution in [1.82, 2.24) is 5.32 Å². The minimum atomic E-state index is -0.664. The summed E-state index contributed by atoms with van der Waals surface area (Å²) in [5, 5.41) is 12.9. The van der Waals surface area contributed by atoms with E-state index in [1.165, 1.54) is 0 Å². The summed E-state index contributed by atoms with van der Waals surface area (Å²) in [7, 11) is 0. The number of carbonyl (C=O) groups is 1. The number of carbonyl (C=O) groups excluding carboxylic acids is 1. The first-order chi connectivity index (χ1) is 8.44. The van der Waals surface area contributed by atoms with Gasteiger partial charge in [0, 0.05) is 6.54 Å². The Bertz CT molecular complexity index is 421. The third-order valence-electron chi connectivity index (χ3n) is 3.93. The molecule has 0 radical (unpaired) electrons. The Morgan fingerprint density at radius 3 is 2.44 bits per heavy atom. The topological polar surface area (TPSA) is 49.3 Å². The summed E-state index contributed by atoms with van der Waals surface area (Å²) in [6.07, 6.45) is 2.63. The van der Waals surface area contributed by atoms with Gasteiger partial charge in [-0.15, -0.1) is 0 Å². The predicted molar refractivity (Wildman–Crippen MR) is 71.3 cm³/mol. The lowest BCUT2D eigenvalue weighted by Gasteiger charge is -2.37. The third-order valence-corrected chi connectivity index (χ3v) is 3.93. The van der Waals surface area contributed by atoms with E-state index < -0.39 is 11.0 Å². The summed E-state index contributed by atoms with van der Waals surface area (Å²) in [5.41, 5.74) is -0.243. The van der Waals surface area contributed by atoms with Crippen LogP contribution in [0.3, 0.4) is 0 Å². The van der Waals surface area contributed by atoms with Gasteiger partial charge in [-0.1, -0.05) is 30.3 Å². The van der Waals surface area contributed by atoms with Crippen molar-refractivity contribution < 1.29 is 9.90 Å². The molecule has 0 heterocycles. The van der Waals surface area contributed by atoms with E-state index in [1.54, 1.807) is 0 Å². The summed E-state index contributed by atoms with van der Waals surface area (Å²) >= 11 is 0. The van der Waals surface area contributed by atoms with E-state index in [2.05, 4.69) is 5.32 Å². The zero-order valence-corrected chi connectivity index (χ0v) is 11.1. The van der Waals surface area contributed by atoms with Gasteiger partial charge in [-0.25, -0.2) is 0 Å². The third kappa shape index (κ3) is 2.56. The molecular weight excluding hydrogens is 226 g/mol. The smallest absolute Gasteiger partial charge is 0.230 e. The molecule has 1 aliphatic rings. The van der Waals surface area contributed by atoms with E-state index in [-0.39, 0.29) is 5.91 Å². The van der Waals surface area contributed by atoms with Gasteiger partial charge in [-0.3, -0.25) is 4.79 Å². The predicted octanol–water partition coefficient (Wildman–Crippen LogP) is 2.00. The maximum absolute atomic E-state index is 12.2. The van der Waals surface area contributed by atoms with Gasteiger partial charge in [0.1, 0.15) is 0 Å². The van der Waals surface area contributed by atoms with Gasteiger partial charge >= 0.3 is 0 Å². The molecule has 0 bridgehead atoms. The Labute approximate surface area is 108 Å². The fourth-order valence-electron chi connectivity index (χ4n) is 2.21. The molecule has 0 aliphatic heterocycles. The van der Waals surface area contributed by atoms with E-state index in [1.807, 2.05) is 44.2 Å². The average molecular weight is 247 g/mol. The molecule has 1 aromatic rings. The Hall–Kier alpha value is -1.35. The zero-order valence-electron chi connectivity index (χ0n) is 11.1. The van der Waals surface area contributed by atoms with Crippen LogP contribution in [0.1, 0.15) is 38.7 Å². The largest absolute Gasteiger partial charge is 0.388 e. The van der Waals surface area contributed by atoms with Gasteiger partial charge in [0.2, 0.25) is 5.91 Å². The molecule has 1 aliphatic carbocycles. The van der Waals surface area contributed by atoms with E-state index in [0.29, 0.717) is 6.54 Å². The van der Waals surface area contributed by atoms with Crippen molar-refractivity contribution in [2.45, 2.75) is 44.1 Å². The van der Waals surface area contributed by atoms with Gasteiger partial charge in [0.15, 0.2) is 0 Å². The van der Waals surface area contributed by atoms with Crippen LogP contribution >= 0.6 is 0 Å². The van der Waals surface area contributed by atoms with Gasteiger partial charge < -0.3 is 10.4 Å². The average Bonchev–Trinajstić information content (AvgIpc) is 2.34. The second kappa shape index (κ2) is 4.73. The molecule has 98 valence electrons. The van der Waals surface area contributed by atoms with Crippen molar-refractivity contribution in [1.29, 1.82) is 0 Å². The zero-order chi connectivity index (χ0) is 13.2. The molecule has 1 aromatic carbocycles. The van der Waals surface area contributed by atoms with Crippen molar-refractivity contribution >= 4 is 5.91 Å². The van der Waals surface area contributed by atoms with E-state index in [4.69, 9.17) is 0 Å². The quantitative estimate of drug-likeness (QED) is 0.855. The van der Waals surface area contributed by atoms with Crippen LogP contribution in [0.5, 0.6) is 0 Å². The van der Waals surface area contributed by atoms with Crippen LogP contribution in [-0.4, -0.2) is 23.2 Å². The molecule has 0 atom stereocenters. The number of rotatable bonds is 4. The fourth-order valence-corrected chi connectivity index (χ4v) is 2.21. The number of benzene rings is 1. The van der Waals surface area contributed by atoms with Crippen molar-refractivity contribution in [2.24, 2.45) is 0 Å². The maximum atomic E-state index is 12.2. The molecule has 18 heavy (non-hydrogen) atoms. The Kier molecular flexibility index (Phi) is 3.44. The molecule has 1 fully saturated rings. The lowest BCUT2D eigenvalue weighted by atomic mass is 9.79. The normalized spacial score (nSPS) is 17.9. The van der Waals surface area contributed by atoms with Gasteiger partial charge in [-0.05, 0) is 38.7 Å². The molecule has 0 aromatic heterocycles. The molecule has 2 N–H and O–H groups in total. The van der Waals surface area contributed by atoms with Crippen molar-refractivity contribution in [3.63, 3.8) is 0 Å². The first-order valence-corrected chi connectivity index (χ1v) is 6.50.